The topological polar surface area (TPSA) is 23.5 Å². The van der Waals surface area contributed by atoms with E-state index in [-0.39, 0.29) is 0 Å². The van der Waals surface area contributed by atoms with Crippen LogP contribution in [0.5, 0.6) is 0 Å². The largest absolute Gasteiger partial charge is 0.288 e. The van der Waals surface area contributed by atoms with Gasteiger partial charge in [0.05, 0.1) is 6.54 Å². The first-order chi connectivity index (χ1) is 15.2. The Morgan fingerprint density at radius 1 is 0.774 bits per heavy atom. The summed E-state index contributed by atoms with van der Waals surface area (Å²) >= 11 is 1.84. The molecule has 2 aliphatic carbocycles. The molecule has 1 aliphatic heterocycles. The number of hydroxylamine groups is 2. The van der Waals surface area contributed by atoms with Crippen molar-refractivity contribution in [3.8, 4) is 11.1 Å². The molecule has 6 rings (SSSR count). The van der Waals surface area contributed by atoms with Gasteiger partial charge < -0.3 is 0 Å². The van der Waals surface area contributed by atoms with Crippen LogP contribution in [0.15, 0.2) is 66.4 Å². The molecule has 0 bridgehead atoms. The number of hydrogen-bond acceptors (Lipinski definition) is 3. The Morgan fingerprint density at radius 2 is 1.58 bits per heavy atom. The van der Waals surface area contributed by atoms with E-state index < -0.39 is 0 Å². The Balaban J connectivity index is 1.34. The summed E-state index contributed by atoms with van der Waals surface area (Å²) in [6.45, 7) is 2.48. The van der Waals surface area contributed by atoms with Crippen LogP contribution >= 0.6 is 11.3 Å². The zero-order valence-electron chi connectivity index (χ0n) is 17.7. The molecule has 31 heavy (non-hydrogen) atoms. The van der Waals surface area contributed by atoms with Crippen molar-refractivity contribution in [1.29, 1.82) is 0 Å². The first-order valence-corrected chi connectivity index (χ1v) is 11.9. The van der Waals surface area contributed by atoms with Crippen LogP contribution in [0.1, 0.15) is 45.4 Å². The van der Waals surface area contributed by atoms with Crippen LogP contribution in [0.25, 0.3) is 28.3 Å². The predicted octanol–water partition coefficient (Wildman–Crippen LogP) is 6.99. The fourth-order valence-corrected chi connectivity index (χ4v) is 6.21. The summed E-state index contributed by atoms with van der Waals surface area (Å²) in [5, 5.41) is 11.4. The fourth-order valence-electron chi connectivity index (χ4n) is 5.14. The molecular formula is C28H25NOS. The second kappa shape index (κ2) is 7.37. The summed E-state index contributed by atoms with van der Waals surface area (Å²) in [6, 6.07) is 18.0. The van der Waals surface area contributed by atoms with Gasteiger partial charge in [-0.2, -0.15) is 0 Å². The maximum Gasteiger partial charge on any atom is 0.0713 e. The third-order valence-electron chi connectivity index (χ3n) is 6.89. The first-order valence-electron chi connectivity index (χ1n) is 11.1. The number of thiophene rings is 1. The highest BCUT2D eigenvalue weighted by atomic mass is 32.1. The van der Waals surface area contributed by atoms with Crippen molar-refractivity contribution in [2.24, 2.45) is 0 Å². The van der Waals surface area contributed by atoms with Crippen LogP contribution < -0.4 is 0 Å². The molecule has 2 heterocycles. The van der Waals surface area contributed by atoms with E-state index in [4.69, 9.17) is 0 Å². The molecule has 2 aromatic carbocycles. The van der Waals surface area contributed by atoms with Crippen LogP contribution in [-0.2, 0) is 19.3 Å². The SMILES string of the molecule is CC1=CC=C(c2ccc(C3=Cc4ccc5c(c4CC3)CCc3ccccc3-5)s2)CN1O. The van der Waals surface area contributed by atoms with Gasteiger partial charge in [0.25, 0.3) is 0 Å². The van der Waals surface area contributed by atoms with Gasteiger partial charge in [0.2, 0.25) is 0 Å². The molecule has 3 heteroatoms. The van der Waals surface area contributed by atoms with Crippen molar-refractivity contribution in [3.05, 3.63) is 98.4 Å². The molecule has 0 unspecified atom stereocenters. The molecule has 2 nitrogen and oxygen atoms in total. The molecule has 0 atom stereocenters. The van der Waals surface area contributed by atoms with Gasteiger partial charge in [-0.3, -0.25) is 10.3 Å². The van der Waals surface area contributed by atoms with Gasteiger partial charge in [0.15, 0.2) is 0 Å². The van der Waals surface area contributed by atoms with Crippen LogP contribution in [0, 0.1) is 0 Å². The van der Waals surface area contributed by atoms with Gasteiger partial charge in [-0.05, 0) is 95.3 Å². The van der Waals surface area contributed by atoms with Crippen molar-refractivity contribution < 1.29 is 5.21 Å². The lowest BCUT2D eigenvalue weighted by Crippen LogP contribution is -2.21. The summed E-state index contributed by atoms with van der Waals surface area (Å²) in [5.41, 5.74) is 12.4. The normalized spacial score (nSPS) is 17.2. The first kappa shape index (κ1) is 18.9. The van der Waals surface area contributed by atoms with Gasteiger partial charge in [0, 0.05) is 15.5 Å². The Hall–Kier alpha value is -2.88. The van der Waals surface area contributed by atoms with E-state index in [0.717, 1.165) is 31.4 Å². The summed E-state index contributed by atoms with van der Waals surface area (Å²) in [7, 11) is 0. The number of fused-ring (bicyclic) bond motifs is 5. The third-order valence-corrected chi connectivity index (χ3v) is 8.12. The molecule has 1 N–H and O–H groups in total. The van der Waals surface area contributed by atoms with Crippen LogP contribution in [0.2, 0.25) is 0 Å². The minimum Gasteiger partial charge on any atom is -0.288 e. The number of rotatable bonds is 2. The molecule has 0 amide bonds. The lowest BCUT2D eigenvalue weighted by atomic mass is 9.78. The van der Waals surface area contributed by atoms with Gasteiger partial charge in [0.1, 0.15) is 0 Å². The number of aryl methyl sites for hydroxylation is 1. The summed E-state index contributed by atoms with van der Waals surface area (Å²) in [4.78, 5) is 2.59. The second-order valence-electron chi connectivity index (χ2n) is 8.71. The lowest BCUT2D eigenvalue weighted by molar-refractivity contribution is -0.0426. The Labute approximate surface area is 187 Å². The maximum absolute atomic E-state index is 10.0. The predicted molar refractivity (Wildman–Crippen MR) is 130 cm³/mol. The monoisotopic (exact) mass is 423 g/mol. The van der Waals surface area contributed by atoms with E-state index in [0.29, 0.717) is 6.54 Å². The molecule has 3 aliphatic rings. The average Bonchev–Trinajstić information content (AvgIpc) is 3.30. The molecule has 0 spiro atoms. The maximum atomic E-state index is 10.0. The molecular weight excluding hydrogens is 398 g/mol. The number of hydrogen-bond donors (Lipinski definition) is 1. The molecule has 0 radical (unpaired) electrons. The smallest absolute Gasteiger partial charge is 0.0713 e. The van der Waals surface area contributed by atoms with E-state index in [2.05, 4.69) is 60.7 Å². The average molecular weight is 424 g/mol. The van der Waals surface area contributed by atoms with Crippen molar-refractivity contribution in [1.82, 2.24) is 5.06 Å². The molecule has 3 aromatic rings. The van der Waals surface area contributed by atoms with Gasteiger partial charge in [-0.1, -0.05) is 48.6 Å². The van der Waals surface area contributed by atoms with Crippen LogP contribution in [0.3, 0.4) is 0 Å². The molecule has 0 saturated carbocycles. The second-order valence-corrected chi connectivity index (χ2v) is 9.79. The number of benzene rings is 2. The van der Waals surface area contributed by atoms with Crippen molar-refractivity contribution in [2.75, 3.05) is 6.54 Å². The van der Waals surface area contributed by atoms with Crippen molar-refractivity contribution in [3.63, 3.8) is 0 Å². The Morgan fingerprint density at radius 3 is 2.45 bits per heavy atom. The molecule has 0 fully saturated rings. The van der Waals surface area contributed by atoms with Gasteiger partial charge in [-0.15, -0.1) is 11.3 Å². The molecule has 1 aromatic heterocycles. The highest BCUT2D eigenvalue weighted by molar-refractivity contribution is 7.14. The molecule has 0 saturated heterocycles. The fraction of sp³-hybridized carbons (Fsp3) is 0.214. The third kappa shape index (κ3) is 3.20. The van der Waals surface area contributed by atoms with E-state index >= 15 is 0 Å². The summed E-state index contributed by atoms with van der Waals surface area (Å²) in [6.07, 6.45) is 11.0. The Kier molecular flexibility index (Phi) is 4.48. The standard InChI is InChI=1S/C28H25NOS/c1-18-6-7-22(17-29(18)30)28-15-14-27(31-28)21-10-11-24-20(16-21)9-13-25-23-5-3-2-4-19(23)8-12-26(24)25/h2-7,9,13-16,30H,8,10-12,17H2,1H3. The number of allylic oxidation sites excluding steroid dienone is 4. The minimum absolute atomic E-state index is 0.553. The highest BCUT2D eigenvalue weighted by Crippen LogP contribution is 2.42. The van der Waals surface area contributed by atoms with E-state index in [9.17, 15) is 5.21 Å². The zero-order valence-corrected chi connectivity index (χ0v) is 18.5. The van der Waals surface area contributed by atoms with Gasteiger partial charge >= 0.3 is 0 Å². The van der Waals surface area contributed by atoms with Gasteiger partial charge in [-0.25, -0.2) is 0 Å². The van der Waals surface area contributed by atoms with Crippen LogP contribution in [0.4, 0.5) is 0 Å². The zero-order chi connectivity index (χ0) is 20.9. The summed E-state index contributed by atoms with van der Waals surface area (Å²) < 4.78 is 0. The van der Waals surface area contributed by atoms with E-state index in [1.807, 2.05) is 24.3 Å². The Bertz CT molecular complexity index is 1290. The van der Waals surface area contributed by atoms with Crippen LogP contribution in [-0.4, -0.2) is 16.8 Å². The quantitative estimate of drug-likeness (QED) is 0.480. The minimum atomic E-state index is 0.553. The van der Waals surface area contributed by atoms with E-state index in [1.165, 1.54) is 48.2 Å². The summed E-state index contributed by atoms with van der Waals surface area (Å²) in [5.74, 6) is 0. The lowest BCUT2D eigenvalue weighted by Gasteiger charge is -2.26. The number of nitrogens with zero attached hydrogens (tertiary/aromatic N) is 1. The van der Waals surface area contributed by atoms with Crippen molar-refractivity contribution >= 4 is 28.6 Å². The van der Waals surface area contributed by atoms with Crippen molar-refractivity contribution in [2.45, 2.75) is 32.6 Å². The molecule has 154 valence electrons. The highest BCUT2D eigenvalue weighted by Gasteiger charge is 2.23. The van der Waals surface area contributed by atoms with E-state index in [1.54, 1.807) is 11.1 Å².